The number of rotatable bonds is 4. The quantitative estimate of drug-likeness (QED) is 0.792. The number of nitrogens with one attached hydrogen (secondary N) is 1. The van der Waals surface area contributed by atoms with Crippen molar-refractivity contribution in [3.63, 3.8) is 0 Å². The smallest absolute Gasteiger partial charge is 0.225 e. The summed E-state index contributed by atoms with van der Waals surface area (Å²) in [6.07, 6.45) is 5.71. The van der Waals surface area contributed by atoms with Gasteiger partial charge >= 0.3 is 0 Å². The first-order valence-corrected chi connectivity index (χ1v) is 13.1. The van der Waals surface area contributed by atoms with Crippen molar-refractivity contribution in [1.29, 1.82) is 0 Å². The van der Waals surface area contributed by atoms with Crippen molar-refractivity contribution in [2.45, 2.75) is 63.8 Å². The van der Waals surface area contributed by atoms with Crippen LogP contribution in [0, 0.1) is 18.8 Å². The molecule has 1 aromatic rings. The topological polar surface area (TPSA) is 69.7 Å². The molecule has 3 unspecified atom stereocenters. The van der Waals surface area contributed by atoms with Gasteiger partial charge in [-0.1, -0.05) is 36.8 Å². The Bertz CT molecular complexity index is 841. The number of sulfonamides is 1. The van der Waals surface area contributed by atoms with Crippen LogP contribution in [0.3, 0.4) is 0 Å². The number of piperidine rings is 2. The first-order chi connectivity index (χ1) is 14.4. The van der Waals surface area contributed by atoms with E-state index >= 15 is 0 Å². The molecule has 30 heavy (non-hydrogen) atoms. The summed E-state index contributed by atoms with van der Waals surface area (Å²) >= 11 is 0. The van der Waals surface area contributed by atoms with Crippen LogP contribution in [0.2, 0.25) is 0 Å². The number of likely N-dealkylation sites (tertiary alicyclic amines) is 2. The lowest BCUT2D eigenvalue weighted by molar-refractivity contribution is -0.138. The number of aryl methyl sites for hydroxylation is 1. The zero-order chi connectivity index (χ0) is 21.3. The van der Waals surface area contributed by atoms with Gasteiger partial charge in [-0.2, -0.15) is 4.72 Å². The van der Waals surface area contributed by atoms with Gasteiger partial charge in [-0.05, 0) is 51.0 Å². The summed E-state index contributed by atoms with van der Waals surface area (Å²) in [5.74, 6) is 0.406. The van der Waals surface area contributed by atoms with Crippen LogP contribution in [-0.2, 0) is 14.8 Å². The lowest BCUT2D eigenvalue weighted by atomic mass is 9.89. The highest BCUT2D eigenvalue weighted by atomic mass is 32.2. The van der Waals surface area contributed by atoms with Gasteiger partial charge in [0.2, 0.25) is 15.9 Å². The minimum absolute atomic E-state index is 0.00653. The molecule has 7 heteroatoms. The van der Waals surface area contributed by atoms with Crippen molar-refractivity contribution in [3.05, 3.63) is 35.4 Å². The molecule has 1 amide bonds. The molecule has 1 aromatic carbocycles. The third-order valence-corrected chi connectivity index (χ3v) is 9.09. The van der Waals surface area contributed by atoms with E-state index in [1.807, 2.05) is 36.1 Å². The van der Waals surface area contributed by atoms with Crippen LogP contribution >= 0.6 is 0 Å². The van der Waals surface area contributed by atoms with Crippen molar-refractivity contribution < 1.29 is 13.2 Å². The van der Waals surface area contributed by atoms with E-state index in [1.54, 1.807) is 0 Å². The van der Waals surface area contributed by atoms with E-state index in [9.17, 15) is 13.2 Å². The Morgan fingerprint density at radius 1 is 1.03 bits per heavy atom. The molecule has 3 atom stereocenters. The van der Waals surface area contributed by atoms with Crippen LogP contribution in [0.25, 0.3) is 0 Å². The molecule has 1 N–H and O–H groups in total. The first-order valence-electron chi connectivity index (χ1n) is 11.5. The van der Waals surface area contributed by atoms with E-state index in [1.165, 1.54) is 6.42 Å². The molecule has 0 radical (unpaired) electrons. The van der Waals surface area contributed by atoms with Crippen LogP contribution in [0.1, 0.15) is 61.8 Å². The first kappa shape index (κ1) is 21.8. The third-order valence-electron chi connectivity index (χ3n) is 7.23. The van der Waals surface area contributed by atoms with Gasteiger partial charge in [0.25, 0.3) is 0 Å². The molecule has 3 fully saturated rings. The lowest BCUT2D eigenvalue weighted by Crippen LogP contribution is -2.51. The van der Waals surface area contributed by atoms with Gasteiger partial charge in [0.15, 0.2) is 0 Å². The molecule has 0 bridgehead atoms. The largest absolute Gasteiger partial charge is 0.342 e. The lowest BCUT2D eigenvalue weighted by Gasteiger charge is -2.39. The summed E-state index contributed by atoms with van der Waals surface area (Å²) in [6.45, 7) is 7.44. The molecule has 3 aliphatic rings. The third kappa shape index (κ3) is 4.30. The number of nitrogens with zero attached hydrogens (tertiary/aromatic N) is 2. The van der Waals surface area contributed by atoms with Gasteiger partial charge in [-0.25, -0.2) is 8.42 Å². The van der Waals surface area contributed by atoms with Crippen LogP contribution in [0.4, 0.5) is 0 Å². The second kappa shape index (κ2) is 8.97. The predicted octanol–water partition coefficient (Wildman–Crippen LogP) is 3.05. The molecular formula is C23H35N3O3S. The van der Waals surface area contributed by atoms with E-state index in [0.717, 1.165) is 69.4 Å². The summed E-state index contributed by atoms with van der Waals surface area (Å²) in [5, 5.41) is -0.513. The zero-order valence-electron chi connectivity index (χ0n) is 18.2. The van der Waals surface area contributed by atoms with Crippen molar-refractivity contribution in [3.8, 4) is 0 Å². The maximum atomic E-state index is 13.1. The van der Waals surface area contributed by atoms with Gasteiger partial charge in [-0.15, -0.1) is 0 Å². The Morgan fingerprint density at radius 3 is 2.27 bits per heavy atom. The molecule has 4 rings (SSSR count). The predicted molar refractivity (Wildman–Crippen MR) is 118 cm³/mol. The van der Waals surface area contributed by atoms with Crippen molar-refractivity contribution in [2.24, 2.45) is 11.8 Å². The van der Waals surface area contributed by atoms with E-state index in [-0.39, 0.29) is 18.0 Å². The van der Waals surface area contributed by atoms with Gasteiger partial charge < -0.3 is 4.90 Å². The molecule has 0 saturated carbocycles. The molecule has 166 valence electrons. The molecule has 0 spiro atoms. The van der Waals surface area contributed by atoms with Gasteiger partial charge in [0.05, 0.1) is 6.17 Å². The molecule has 0 aliphatic carbocycles. The van der Waals surface area contributed by atoms with Gasteiger partial charge in [-0.3, -0.25) is 9.69 Å². The SMILES string of the molecule is CCC1C(N2CCC(C(=O)N3CCCCC3)CC2)NS(=O)(=O)C1c1ccc(C)cc1. The molecule has 3 aliphatic heterocycles. The van der Waals surface area contributed by atoms with E-state index in [2.05, 4.69) is 16.5 Å². The number of carbonyl (C=O) groups is 1. The number of hydrogen-bond acceptors (Lipinski definition) is 4. The van der Waals surface area contributed by atoms with Gasteiger partial charge in [0, 0.05) is 38.0 Å². The Balaban J connectivity index is 1.44. The highest BCUT2D eigenvalue weighted by molar-refractivity contribution is 7.90. The fourth-order valence-corrected chi connectivity index (χ4v) is 7.61. The van der Waals surface area contributed by atoms with Crippen LogP contribution in [0.5, 0.6) is 0 Å². The van der Waals surface area contributed by atoms with Crippen molar-refractivity contribution >= 4 is 15.9 Å². The van der Waals surface area contributed by atoms with Crippen LogP contribution in [-0.4, -0.2) is 56.5 Å². The highest BCUT2D eigenvalue weighted by Crippen LogP contribution is 2.41. The molecule has 0 aromatic heterocycles. The Kier molecular flexibility index (Phi) is 6.51. The second-order valence-electron chi connectivity index (χ2n) is 9.21. The molecule has 3 heterocycles. The summed E-state index contributed by atoms with van der Waals surface area (Å²) in [5.41, 5.74) is 2.00. The summed E-state index contributed by atoms with van der Waals surface area (Å²) < 4.78 is 29.1. The number of carbonyl (C=O) groups excluding carboxylic acids is 1. The average Bonchev–Trinajstić information content (AvgIpc) is 3.05. The Labute approximate surface area is 181 Å². The normalized spacial score (nSPS) is 30.5. The minimum atomic E-state index is -3.43. The van der Waals surface area contributed by atoms with Gasteiger partial charge in [0.1, 0.15) is 5.25 Å². The monoisotopic (exact) mass is 433 g/mol. The second-order valence-corrected chi connectivity index (χ2v) is 11.0. The zero-order valence-corrected chi connectivity index (χ0v) is 19.0. The van der Waals surface area contributed by atoms with E-state index in [0.29, 0.717) is 5.91 Å². The maximum Gasteiger partial charge on any atom is 0.225 e. The van der Waals surface area contributed by atoms with Crippen LogP contribution in [0.15, 0.2) is 24.3 Å². The molecular weight excluding hydrogens is 398 g/mol. The Morgan fingerprint density at radius 2 is 1.67 bits per heavy atom. The highest BCUT2D eigenvalue weighted by Gasteiger charge is 2.49. The van der Waals surface area contributed by atoms with Crippen LogP contribution < -0.4 is 4.72 Å². The number of amides is 1. The van der Waals surface area contributed by atoms with Crippen molar-refractivity contribution in [1.82, 2.24) is 14.5 Å². The number of hydrogen-bond donors (Lipinski definition) is 1. The number of benzene rings is 1. The van der Waals surface area contributed by atoms with Crippen molar-refractivity contribution in [2.75, 3.05) is 26.2 Å². The fourth-order valence-electron chi connectivity index (χ4n) is 5.49. The molecule has 3 saturated heterocycles. The standard InChI is InChI=1S/C23H35N3O3S/c1-3-20-21(18-9-7-17(2)8-10-18)30(28,29)24-22(20)25-15-11-19(12-16-25)23(27)26-13-5-4-6-14-26/h7-10,19-22,24H,3-6,11-16H2,1-2H3. The van der Waals surface area contributed by atoms with E-state index in [4.69, 9.17) is 0 Å². The minimum Gasteiger partial charge on any atom is -0.342 e. The fraction of sp³-hybridized carbons (Fsp3) is 0.696. The summed E-state index contributed by atoms with van der Waals surface area (Å²) in [4.78, 5) is 17.2. The molecule has 6 nitrogen and oxygen atoms in total. The Hall–Kier alpha value is -1.44. The average molecular weight is 434 g/mol. The summed E-state index contributed by atoms with van der Waals surface area (Å²) in [6, 6.07) is 7.88. The summed E-state index contributed by atoms with van der Waals surface area (Å²) in [7, 11) is -3.43. The van der Waals surface area contributed by atoms with E-state index < -0.39 is 15.3 Å². The maximum absolute atomic E-state index is 13.1.